The van der Waals surface area contributed by atoms with E-state index < -0.39 is 5.97 Å². The zero-order valence-electron chi connectivity index (χ0n) is 11.5. The van der Waals surface area contributed by atoms with Gasteiger partial charge in [-0.2, -0.15) is 0 Å². The molecule has 0 saturated heterocycles. The lowest BCUT2D eigenvalue weighted by molar-refractivity contribution is -0.142. The second-order valence-corrected chi connectivity index (χ2v) is 6.35. The summed E-state index contributed by atoms with van der Waals surface area (Å²) in [6, 6.07) is 0.630. The molecule has 2 saturated carbocycles. The van der Waals surface area contributed by atoms with Crippen molar-refractivity contribution in [2.24, 2.45) is 17.8 Å². The average Bonchev–Trinajstić information content (AvgIpc) is 2.71. The van der Waals surface area contributed by atoms with Crippen LogP contribution in [0, 0.1) is 17.8 Å². The Morgan fingerprint density at radius 2 is 1.89 bits per heavy atom. The number of carboxylic acids is 1. The SMILES string of the molecule is CC1CCCC(NCC2CCCC2C(=O)O)CC1. The number of aliphatic carboxylic acids is 1. The fourth-order valence-corrected chi connectivity index (χ4v) is 3.62. The van der Waals surface area contributed by atoms with Crippen molar-refractivity contribution >= 4 is 5.97 Å². The minimum Gasteiger partial charge on any atom is -0.481 e. The fraction of sp³-hybridized carbons (Fsp3) is 0.933. The molecule has 2 N–H and O–H groups in total. The van der Waals surface area contributed by atoms with Crippen LogP contribution in [0.15, 0.2) is 0 Å². The van der Waals surface area contributed by atoms with E-state index in [4.69, 9.17) is 0 Å². The summed E-state index contributed by atoms with van der Waals surface area (Å²) in [4.78, 5) is 11.1. The summed E-state index contributed by atoms with van der Waals surface area (Å²) in [5.74, 6) is 0.550. The van der Waals surface area contributed by atoms with Crippen molar-refractivity contribution in [2.75, 3.05) is 6.54 Å². The summed E-state index contributed by atoms with van der Waals surface area (Å²) in [5.41, 5.74) is 0. The molecule has 2 rings (SSSR count). The molecule has 2 aliphatic carbocycles. The Balaban J connectivity index is 1.75. The summed E-state index contributed by atoms with van der Waals surface area (Å²) in [7, 11) is 0. The number of hydrogen-bond donors (Lipinski definition) is 2. The predicted molar refractivity (Wildman–Crippen MR) is 72.5 cm³/mol. The van der Waals surface area contributed by atoms with Gasteiger partial charge in [-0.25, -0.2) is 0 Å². The van der Waals surface area contributed by atoms with Crippen LogP contribution in [-0.4, -0.2) is 23.7 Å². The Labute approximate surface area is 110 Å². The molecule has 4 unspecified atom stereocenters. The van der Waals surface area contributed by atoms with Crippen LogP contribution in [0.25, 0.3) is 0 Å². The van der Waals surface area contributed by atoms with Gasteiger partial charge in [0, 0.05) is 6.04 Å². The van der Waals surface area contributed by atoms with Gasteiger partial charge in [0.1, 0.15) is 0 Å². The number of hydrogen-bond acceptors (Lipinski definition) is 2. The molecule has 104 valence electrons. The fourth-order valence-electron chi connectivity index (χ4n) is 3.62. The third-order valence-electron chi connectivity index (χ3n) is 4.90. The van der Waals surface area contributed by atoms with Gasteiger partial charge in [-0.3, -0.25) is 4.79 Å². The van der Waals surface area contributed by atoms with Crippen LogP contribution in [0.3, 0.4) is 0 Å². The second kappa shape index (κ2) is 6.55. The van der Waals surface area contributed by atoms with Crippen LogP contribution in [0.4, 0.5) is 0 Å². The van der Waals surface area contributed by atoms with Crippen LogP contribution >= 0.6 is 0 Å². The molecule has 3 nitrogen and oxygen atoms in total. The molecular weight excluding hydrogens is 226 g/mol. The zero-order valence-corrected chi connectivity index (χ0v) is 11.5. The van der Waals surface area contributed by atoms with E-state index in [0.29, 0.717) is 12.0 Å². The van der Waals surface area contributed by atoms with Gasteiger partial charge in [-0.15, -0.1) is 0 Å². The monoisotopic (exact) mass is 253 g/mol. The molecule has 0 aromatic heterocycles. The largest absolute Gasteiger partial charge is 0.481 e. The third-order valence-corrected chi connectivity index (χ3v) is 4.90. The first kappa shape index (κ1) is 13.9. The Morgan fingerprint density at radius 3 is 2.67 bits per heavy atom. The van der Waals surface area contributed by atoms with E-state index in [1.165, 1.54) is 32.1 Å². The van der Waals surface area contributed by atoms with Crippen LogP contribution in [0.1, 0.15) is 58.3 Å². The Bertz CT molecular complexity index is 280. The van der Waals surface area contributed by atoms with Crippen molar-refractivity contribution < 1.29 is 9.90 Å². The highest BCUT2D eigenvalue weighted by Gasteiger charge is 2.32. The molecule has 0 bridgehead atoms. The maximum atomic E-state index is 11.1. The van der Waals surface area contributed by atoms with Crippen molar-refractivity contribution in [3.05, 3.63) is 0 Å². The van der Waals surface area contributed by atoms with Gasteiger partial charge in [-0.1, -0.05) is 26.2 Å². The quantitative estimate of drug-likeness (QED) is 0.757. The van der Waals surface area contributed by atoms with Gasteiger partial charge in [0.15, 0.2) is 0 Å². The molecular formula is C15H27NO2. The van der Waals surface area contributed by atoms with Gasteiger partial charge in [0.05, 0.1) is 5.92 Å². The van der Waals surface area contributed by atoms with Crippen LogP contribution < -0.4 is 5.32 Å². The van der Waals surface area contributed by atoms with Crippen LogP contribution in [0.5, 0.6) is 0 Å². The van der Waals surface area contributed by atoms with Gasteiger partial charge in [0.2, 0.25) is 0 Å². The number of carbonyl (C=O) groups is 1. The molecule has 0 heterocycles. The van der Waals surface area contributed by atoms with Gasteiger partial charge >= 0.3 is 5.97 Å². The van der Waals surface area contributed by atoms with E-state index in [2.05, 4.69) is 12.2 Å². The third kappa shape index (κ3) is 3.71. The van der Waals surface area contributed by atoms with E-state index in [1.54, 1.807) is 0 Å². The minimum absolute atomic E-state index is 0.0952. The molecule has 0 radical (unpaired) electrons. The zero-order chi connectivity index (χ0) is 13.0. The molecule has 0 aliphatic heterocycles. The summed E-state index contributed by atoms with van der Waals surface area (Å²) in [6.07, 6.45) is 9.61. The van der Waals surface area contributed by atoms with Crippen molar-refractivity contribution in [3.8, 4) is 0 Å². The van der Waals surface area contributed by atoms with Gasteiger partial charge < -0.3 is 10.4 Å². The van der Waals surface area contributed by atoms with Crippen molar-refractivity contribution in [2.45, 2.75) is 64.3 Å². The molecule has 0 amide bonds. The van der Waals surface area contributed by atoms with E-state index >= 15 is 0 Å². The first-order chi connectivity index (χ1) is 8.66. The van der Waals surface area contributed by atoms with E-state index in [0.717, 1.165) is 31.7 Å². The standard InChI is InChI=1S/C15H27NO2/c1-11-4-2-6-13(9-8-11)16-10-12-5-3-7-14(12)15(17)18/h11-14,16H,2-10H2,1H3,(H,17,18). The minimum atomic E-state index is -0.589. The van der Waals surface area contributed by atoms with E-state index in [1.807, 2.05) is 0 Å². The topological polar surface area (TPSA) is 49.3 Å². The second-order valence-electron chi connectivity index (χ2n) is 6.35. The van der Waals surface area contributed by atoms with Gasteiger partial charge in [0.25, 0.3) is 0 Å². The highest BCUT2D eigenvalue weighted by molar-refractivity contribution is 5.70. The van der Waals surface area contributed by atoms with Crippen LogP contribution in [0.2, 0.25) is 0 Å². The highest BCUT2D eigenvalue weighted by atomic mass is 16.4. The summed E-state index contributed by atoms with van der Waals surface area (Å²) < 4.78 is 0. The van der Waals surface area contributed by atoms with Gasteiger partial charge in [-0.05, 0) is 50.5 Å². The lowest BCUT2D eigenvalue weighted by atomic mass is 9.95. The number of rotatable bonds is 4. The lowest BCUT2D eigenvalue weighted by Crippen LogP contribution is -2.35. The first-order valence-corrected chi connectivity index (χ1v) is 7.63. The average molecular weight is 253 g/mol. The number of carboxylic acid groups (broad SMARTS) is 1. The maximum absolute atomic E-state index is 11.1. The first-order valence-electron chi connectivity index (χ1n) is 7.63. The Kier molecular flexibility index (Phi) is 5.04. The van der Waals surface area contributed by atoms with E-state index in [-0.39, 0.29) is 5.92 Å². The molecule has 18 heavy (non-hydrogen) atoms. The molecule has 4 atom stereocenters. The molecule has 2 fully saturated rings. The normalized spacial score (nSPS) is 37.4. The molecule has 3 heteroatoms. The number of nitrogens with one attached hydrogen (secondary N) is 1. The van der Waals surface area contributed by atoms with Crippen molar-refractivity contribution in [1.29, 1.82) is 0 Å². The predicted octanol–water partition coefficient (Wildman–Crippen LogP) is 3.05. The highest BCUT2D eigenvalue weighted by Crippen LogP contribution is 2.32. The maximum Gasteiger partial charge on any atom is 0.306 e. The molecule has 0 spiro atoms. The van der Waals surface area contributed by atoms with Crippen molar-refractivity contribution in [3.63, 3.8) is 0 Å². The molecule has 0 aromatic carbocycles. The van der Waals surface area contributed by atoms with Crippen molar-refractivity contribution in [1.82, 2.24) is 5.32 Å². The smallest absolute Gasteiger partial charge is 0.306 e. The van der Waals surface area contributed by atoms with Crippen LogP contribution in [-0.2, 0) is 4.79 Å². The van der Waals surface area contributed by atoms with E-state index in [9.17, 15) is 9.90 Å². The molecule has 0 aromatic rings. The molecule has 2 aliphatic rings. The Hall–Kier alpha value is -0.570. The Morgan fingerprint density at radius 1 is 1.11 bits per heavy atom. The lowest BCUT2D eigenvalue weighted by Gasteiger charge is -2.21. The summed E-state index contributed by atoms with van der Waals surface area (Å²) in [6.45, 7) is 3.26. The summed E-state index contributed by atoms with van der Waals surface area (Å²) in [5, 5.41) is 12.8. The summed E-state index contributed by atoms with van der Waals surface area (Å²) >= 11 is 0.